The highest BCUT2D eigenvalue weighted by molar-refractivity contribution is 5.64. The fraction of sp³-hybridized carbons (Fsp3) is 0.318. The van der Waals surface area contributed by atoms with E-state index in [1.54, 1.807) is 0 Å². The molecule has 3 aromatic rings. The predicted octanol–water partition coefficient (Wildman–Crippen LogP) is 3.50. The van der Waals surface area contributed by atoms with Gasteiger partial charge >= 0.3 is 0 Å². The molecule has 1 aliphatic heterocycles. The average Bonchev–Trinajstić information content (AvgIpc) is 3.33. The number of aromatic nitrogens is 2. The molecule has 1 aliphatic rings. The zero-order valence-electron chi connectivity index (χ0n) is 15.2. The largest absolute Gasteiger partial charge is 0.312 e. The van der Waals surface area contributed by atoms with Crippen molar-refractivity contribution in [1.82, 2.24) is 20.4 Å². The molecule has 1 fully saturated rings. The van der Waals surface area contributed by atoms with Gasteiger partial charge in [0.1, 0.15) is 0 Å². The molecule has 0 radical (unpaired) electrons. The van der Waals surface area contributed by atoms with Crippen LogP contribution in [0, 0.1) is 0 Å². The topological polar surface area (TPSA) is 44.0 Å². The third kappa shape index (κ3) is 3.71. The Morgan fingerprint density at radius 2 is 1.85 bits per heavy atom. The summed E-state index contributed by atoms with van der Waals surface area (Å²) in [5.41, 5.74) is 4.87. The molecule has 2 heterocycles. The Kier molecular flexibility index (Phi) is 5.14. The van der Waals surface area contributed by atoms with Crippen molar-refractivity contribution in [2.75, 3.05) is 26.7 Å². The Balaban J connectivity index is 1.63. The fourth-order valence-electron chi connectivity index (χ4n) is 3.87. The number of hydrogen-bond donors (Lipinski definition) is 2. The van der Waals surface area contributed by atoms with Crippen molar-refractivity contribution >= 4 is 0 Å². The lowest BCUT2D eigenvalue weighted by Gasteiger charge is -2.21. The van der Waals surface area contributed by atoms with Gasteiger partial charge in [0.25, 0.3) is 0 Å². The molecule has 0 spiro atoms. The van der Waals surface area contributed by atoms with Crippen molar-refractivity contribution in [3.63, 3.8) is 0 Å². The Morgan fingerprint density at radius 3 is 2.54 bits per heavy atom. The van der Waals surface area contributed by atoms with Gasteiger partial charge in [-0.2, -0.15) is 5.10 Å². The second-order valence-corrected chi connectivity index (χ2v) is 7.19. The molecule has 4 rings (SSSR count). The maximum Gasteiger partial charge on any atom is 0.0688 e. The summed E-state index contributed by atoms with van der Waals surface area (Å²) in [5, 5.41) is 11.4. The number of hydrogen-bond acceptors (Lipinski definition) is 3. The molecule has 0 amide bonds. The summed E-state index contributed by atoms with van der Waals surface area (Å²) in [6.07, 6.45) is 3.21. The molecule has 4 nitrogen and oxygen atoms in total. The van der Waals surface area contributed by atoms with E-state index in [2.05, 4.69) is 82.1 Å². The van der Waals surface area contributed by atoms with Gasteiger partial charge < -0.3 is 10.2 Å². The predicted molar refractivity (Wildman–Crippen MR) is 106 cm³/mol. The van der Waals surface area contributed by atoms with E-state index in [-0.39, 0.29) is 5.92 Å². The van der Waals surface area contributed by atoms with E-state index in [0.717, 1.165) is 18.8 Å². The molecule has 1 aromatic heterocycles. The molecule has 2 unspecified atom stereocenters. The SMILES string of the molecule is CN1CCC(NCC(c2ccccc2)c2cn[nH]c2-c2ccccc2)C1. The number of H-pyrrole nitrogens is 1. The summed E-state index contributed by atoms with van der Waals surface area (Å²) in [5.74, 6) is 0.274. The summed E-state index contributed by atoms with van der Waals surface area (Å²) < 4.78 is 0. The highest BCUT2D eigenvalue weighted by Gasteiger charge is 2.24. The van der Waals surface area contributed by atoms with E-state index < -0.39 is 0 Å². The van der Waals surface area contributed by atoms with Gasteiger partial charge in [-0.15, -0.1) is 0 Å². The first-order valence-electron chi connectivity index (χ1n) is 9.37. The van der Waals surface area contributed by atoms with Crippen molar-refractivity contribution < 1.29 is 0 Å². The van der Waals surface area contributed by atoms with Crippen LogP contribution in [0.5, 0.6) is 0 Å². The van der Waals surface area contributed by atoms with Crippen molar-refractivity contribution in [2.24, 2.45) is 0 Å². The van der Waals surface area contributed by atoms with Gasteiger partial charge in [0.05, 0.1) is 11.9 Å². The van der Waals surface area contributed by atoms with Gasteiger partial charge in [0, 0.05) is 30.6 Å². The van der Waals surface area contributed by atoms with Crippen LogP contribution in [0.2, 0.25) is 0 Å². The molecule has 0 saturated carbocycles. The first-order chi connectivity index (χ1) is 12.8. The average molecular weight is 346 g/mol. The number of benzene rings is 2. The fourth-order valence-corrected chi connectivity index (χ4v) is 3.87. The van der Waals surface area contributed by atoms with Crippen molar-refractivity contribution in [2.45, 2.75) is 18.4 Å². The lowest BCUT2D eigenvalue weighted by molar-refractivity contribution is 0.397. The molecule has 1 saturated heterocycles. The van der Waals surface area contributed by atoms with E-state index >= 15 is 0 Å². The van der Waals surface area contributed by atoms with Gasteiger partial charge in [-0.1, -0.05) is 60.7 Å². The van der Waals surface area contributed by atoms with Crippen molar-refractivity contribution in [3.05, 3.63) is 78.0 Å². The van der Waals surface area contributed by atoms with Crippen LogP contribution in [-0.4, -0.2) is 47.8 Å². The number of aromatic amines is 1. The third-order valence-electron chi connectivity index (χ3n) is 5.31. The zero-order chi connectivity index (χ0) is 17.8. The van der Waals surface area contributed by atoms with Crippen molar-refractivity contribution in [3.8, 4) is 11.3 Å². The molecular weight excluding hydrogens is 320 g/mol. The van der Waals surface area contributed by atoms with E-state index in [1.165, 1.54) is 29.7 Å². The second-order valence-electron chi connectivity index (χ2n) is 7.19. The maximum absolute atomic E-state index is 4.38. The van der Waals surface area contributed by atoms with E-state index in [1.807, 2.05) is 12.3 Å². The first-order valence-corrected chi connectivity index (χ1v) is 9.37. The quantitative estimate of drug-likeness (QED) is 0.718. The lowest BCUT2D eigenvalue weighted by atomic mass is 9.89. The second kappa shape index (κ2) is 7.85. The van der Waals surface area contributed by atoms with E-state index in [9.17, 15) is 0 Å². The molecule has 0 aliphatic carbocycles. The number of likely N-dealkylation sites (N-methyl/N-ethyl adjacent to an activating group) is 1. The van der Waals surface area contributed by atoms with Gasteiger partial charge in [-0.3, -0.25) is 5.10 Å². The summed E-state index contributed by atoms with van der Waals surface area (Å²) >= 11 is 0. The zero-order valence-corrected chi connectivity index (χ0v) is 15.2. The van der Waals surface area contributed by atoms with Crippen LogP contribution in [-0.2, 0) is 0 Å². The Labute approximate surface area is 155 Å². The molecule has 2 atom stereocenters. The van der Waals surface area contributed by atoms with Crippen LogP contribution < -0.4 is 5.32 Å². The minimum absolute atomic E-state index is 0.274. The van der Waals surface area contributed by atoms with E-state index in [4.69, 9.17) is 0 Å². The molecule has 134 valence electrons. The monoisotopic (exact) mass is 346 g/mol. The Bertz CT molecular complexity index is 812. The summed E-state index contributed by atoms with van der Waals surface area (Å²) in [6.45, 7) is 3.22. The Morgan fingerprint density at radius 1 is 1.12 bits per heavy atom. The number of rotatable bonds is 6. The number of nitrogens with zero attached hydrogens (tertiary/aromatic N) is 2. The number of nitrogens with one attached hydrogen (secondary N) is 2. The molecule has 4 heteroatoms. The van der Waals surface area contributed by atoms with Crippen LogP contribution in [0.15, 0.2) is 66.9 Å². The van der Waals surface area contributed by atoms with E-state index in [0.29, 0.717) is 6.04 Å². The molecule has 2 N–H and O–H groups in total. The molecule has 0 bridgehead atoms. The highest BCUT2D eigenvalue weighted by atomic mass is 15.2. The van der Waals surface area contributed by atoms with Crippen LogP contribution >= 0.6 is 0 Å². The van der Waals surface area contributed by atoms with Gasteiger partial charge in [0.15, 0.2) is 0 Å². The number of likely N-dealkylation sites (tertiary alicyclic amines) is 1. The first kappa shape index (κ1) is 17.0. The maximum atomic E-state index is 4.38. The normalized spacial score (nSPS) is 18.9. The summed E-state index contributed by atoms with van der Waals surface area (Å²) in [4.78, 5) is 2.39. The molecule has 26 heavy (non-hydrogen) atoms. The van der Waals surface area contributed by atoms with Crippen molar-refractivity contribution in [1.29, 1.82) is 0 Å². The van der Waals surface area contributed by atoms with Crippen LogP contribution in [0.3, 0.4) is 0 Å². The van der Waals surface area contributed by atoms with Gasteiger partial charge in [-0.25, -0.2) is 0 Å². The minimum atomic E-state index is 0.274. The van der Waals surface area contributed by atoms with Crippen LogP contribution in [0.4, 0.5) is 0 Å². The third-order valence-corrected chi connectivity index (χ3v) is 5.31. The molecule has 2 aromatic carbocycles. The lowest BCUT2D eigenvalue weighted by Crippen LogP contribution is -2.34. The standard InChI is InChI=1S/C22H26N4/c1-26-13-12-19(16-26)23-14-20(17-8-4-2-5-9-17)21-15-24-25-22(21)18-10-6-3-7-11-18/h2-11,15,19-20,23H,12-14,16H2,1H3,(H,24,25). The smallest absolute Gasteiger partial charge is 0.0688 e. The van der Waals surface area contributed by atoms with Gasteiger partial charge in [0.2, 0.25) is 0 Å². The van der Waals surface area contributed by atoms with Crippen LogP contribution in [0.1, 0.15) is 23.5 Å². The Hall–Kier alpha value is -2.43. The summed E-state index contributed by atoms with van der Waals surface area (Å²) in [7, 11) is 2.19. The minimum Gasteiger partial charge on any atom is -0.312 e. The molecular formula is C22H26N4. The van der Waals surface area contributed by atoms with Crippen LogP contribution in [0.25, 0.3) is 11.3 Å². The van der Waals surface area contributed by atoms with Gasteiger partial charge in [-0.05, 0) is 31.1 Å². The summed E-state index contributed by atoms with van der Waals surface area (Å²) in [6, 6.07) is 21.8. The highest BCUT2D eigenvalue weighted by Crippen LogP contribution is 2.31.